The quantitative estimate of drug-likeness (QED) is 0.542. The van der Waals surface area contributed by atoms with Gasteiger partial charge in [-0.05, 0) is 85.8 Å². The van der Waals surface area contributed by atoms with Gasteiger partial charge in [-0.2, -0.15) is 0 Å². The molecule has 0 spiro atoms. The summed E-state index contributed by atoms with van der Waals surface area (Å²) >= 11 is 7.05. The molecule has 1 rings (SSSR count). The van der Waals surface area contributed by atoms with Gasteiger partial charge in [-0.3, -0.25) is 0 Å². The maximum absolute atomic E-state index is 5.35. The van der Waals surface area contributed by atoms with E-state index in [1.165, 1.54) is 16.3 Å². The Hall–Kier alpha value is 1.21. The summed E-state index contributed by atoms with van der Waals surface area (Å²) in [6.07, 6.45) is 1.06. The van der Waals surface area contributed by atoms with E-state index < -0.39 is 0 Å². The fourth-order valence-electron chi connectivity index (χ4n) is 1.12. The minimum Gasteiger partial charge on any atom is -0.495 e. The Morgan fingerprint density at radius 2 is 1.85 bits per heavy atom. The molecule has 0 radical (unpaired) electrons. The largest absolute Gasteiger partial charge is 0.495 e. The lowest BCUT2D eigenvalue weighted by molar-refractivity contribution is 0.408. The van der Waals surface area contributed by atoms with Gasteiger partial charge in [0.05, 0.1) is 14.3 Å². The fourth-order valence-corrected chi connectivity index (χ4v) is 5.70. The van der Waals surface area contributed by atoms with Crippen LogP contribution in [0.2, 0.25) is 0 Å². The molecule has 4 heteroatoms. The zero-order valence-electron chi connectivity index (χ0n) is 7.33. The van der Waals surface area contributed by atoms with Crippen LogP contribution in [0.5, 0.6) is 5.75 Å². The van der Waals surface area contributed by atoms with Crippen LogP contribution < -0.4 is 4.74 Å². The van der Waals surface area contributed by atoms with Crippen LogP contribution in [0.25, 0.3) is 0 Å². The van der Waals surface area contributed by atoms with E-state index in [0.717, 1.165) is 12.2 Å². The SMILES string of the molecule is CCc1c(I)cc(I)c(OC)c1I. The third-order valence-electron chi connectivity index (χ3n) is 1.78. The van der Waals surface area contributed by atoms with E-state index in [4.69, 9.17) is 4.74 Å². The third-order valence-corrected chi connectivity index (χ3v) is 4.69. The Morgan fingerprint density at radius 1 is 1.23 bits per heavy atom. The second kappa shape index (κ2) is 5.34. The zero-order chi connectivity index (χ0) is 10.0. The standard InChI is InChI=1S/C9H9I3O/c1-3-5-6(10)4-7(11)9(13-2)8(5)12/h4H,3H2,1-2H3. The minimum atomic E-state index is 1.01. The van der Waals surface area contributed by atoms with Gasteiger partial charge < -0.3 is 4.74 Å². The van der Waals surface area contributed by atoms with Gasteiger partial charge >= 0.3 is 0 Å². The molecule has 0 N–H and O–H groups in total. The fraction of sp³-hybridized carbons (Fsp3) is 0.333. The Labute approximate surface area is 119 Å². The van der Waals surface area contributed by atoms with Crippen molar-refractivity contribution < 1.29 is 4.74 Å². The molecule has 0 fully saturated rings. The van der Waals surface area contributed by atoms with Crippen LogP contribution in [-0.2, 0) is 6.42 Å². The topological polar surface area (TPSA) is 9.23 Å². The Bertz CT molecular complexity index is 295. The smallest absolute Gasteiger partial charge is 0.145 e. The Balaban J connectivity index is 3.39. The van der Waals surface area contributed by atoms with Gasteiger partial charge in [0.1, 0.15) is 5.75 Å². The second-order valence-electron chi connectivity index (χ2n) is 2.52. The van der Waals surface area contributed by atoms with Crippen LogP contribution in [0.4, 0.5) is 0 Å². The number of hydrogen-bond donors (Lipinski definition) is 0. The van der Waals surface area contributed by atoms with Crippen LogP contribution in [0.3, 0.4) is 0 Å². The summed E-state index contributed by atoms with van der Waals surface area (Å²) in [6.45, 7) is 2.17. The summed E-state index contributed by atoms with van der Waals surface area (Å²) < 4.78 is 9.12. The van der Waals surface area contributed by atoms with Crippen molar-refractivity contribution in [3.8, 4) is 5.75 Å². The van der Waals surface area contributed by atoms with E-state index in [1.54, 1.807) is 7.11 Å². The summed E-state index contributed by atoms with van der Waals surface area (Å²) in [5.74, 6) is 1.01. The number of methoxy groups -OCH3 is 1. The van der Waals surface area contributed by atoms with E-state index in [0.29, 0.717) is 0 Å². The second-order valence-corrected chi connectivity index (χ2v) is 5.92. The van der Waals surface area contributed by atoms with Crippen LogP contribution in [-0.4, -0.2) is 7.11 Å². The van der Waals surface area contributed by atoms with Gasteiger partial charge in [-0.1, -0.05) is 6.92 Å². The first-order valence-electron chi connectivity index (χ1n) is 3.82. The van der Waals surface area contributed by atoms with Crippen molar-refractivity contribution in [1.29, 1.82) is 0 Å². The average Bonchev–Trinajstić information content (AvgIpc) is 2.04. The molecule has 1 aromatic rings. The van der Waals surface area contributed by atoms with Gasteiger partial charge in [-0.25, -0.2) is 0 Å². The lowest BCUT2D eigenvalue weighted by Crippen LogP contribution is -1.98. The van der Waals surface area contributed by atoms with Crippen molar-refractivity contribution in [3.63, 3.8) is 0 Å². The van der Waals surface area contributed by atoms with Crippen molar-refractivity contribution in [2.45, 2.75) is 13.3 Å². The Morgan fingerprint density at radius 3 is 2.31 bits per heavy atom. The number of hydrogen-bond acceptors (Lipinski definition) is 1. The summed E-state index contributed by atoms with van der Waals surface area (Å²) in [5, 5.41) is 0. The number of rotatable bonds is 2. The summed E-state index contributed by atoms with van der Waals surface area (Å²) in [4.78, 5) is 0. The summed E-state index contributed by atoms with van der Waals surface area (Å²) in [6, 6.07) is 2.17. The van der Waals surface area contributed by atoms with E-state index in [9.17, 15) is 0 Å². The maximum Gasteiger partial charge on any atom is 0.145 e. The monoisotopic (exact) mass is 514 g/mol. The molecule has 72 valence electrons. The molecular weight excluding hydrogens is 505 g/mol. The highest BCUT2D eigenvalue weighted by Crippen LogP contribution is 2.33. The van der Waals surface area contributed by atoms with Crippen molar-refractivity contribution >= 4 is 67.8 Å². The molecule has 0 aromatic heterocycles. The first-order valence-corrected chi connectivity index (χ1v) is 7.05. The predicted molar refractivity (Wildman–Crippen MR) is 80.5 cm³/mol. The highest BCUT2D eigenvalue weighted by molar-refractivity contribution is 14.1. The Kier molecular flexibility index (Phi) is 5.04. The molecule has 0 heterocycles. The van der Waals surface area contributed by atoms with Crippen LogP contribution >= 0.6 is 67.8 Å². The third kappa shape index (κ3) is 2.61. The molecule has 0 bridgehead atoms. The van der Waals surface area contributed by atoms with Crippen molar-refractivity contribution in [2.24, 2.45) is 0 Å². The highest BCUT2D eigenvalue weighted by Gasteiger charge is 2.12. The molecule has 0 aliphatic rings. The molecular formula is C9H9I3O. The van der Waals surface area contributed by atoms with E-state index in [-0.39, 0.29) is 0 Å². The first kappa shape index (κ1) is 12.3. The maximum atomic E-state index is 5.35. The average molecular weight is 514 g/mol. The van der Waals surface area contributed by atoms with Crippen LogP contribution in [0.15, 0.2) is 6.07 Å². The number of ether oxygens (including phenoxy) is 1. The molecule has 13 heavy (non-hydrogen) atoms. The van der Waals surface area contributed by atoms with Crippen molar-refractivity contribution in [1.82, 2.24) is 0 Å². The van der Waals surface area contributed by atoms with Gasteiger partial charge in [0, 0.05) is 3.57 Å². The van der Waals surface area contributed by atoms with Crippen molar-refractivity contribution in [2.75, 3.05) is 7.11 Å². The first-order chi connectivity index (χ1) is 6.11. The minimum absolute atomic E-state index is 1.01. The van der Waals surface area contributed by atoms with Crippen LogP contribution in [0.1, 0.15) is 12.5 Å². The van der Waals surface area contributed by atoms with E-state index in [2.05, 4.69) is 80.8 Å². The highest BCUT2D eigenvalue weighted by atomic mass is 127. The molecule has 0 amide bonds. The van der Waals surface area contributed by atoms with E-state index in [1.807, 2.05) is 0 Å². The van der Waals surface area contributed by atoms with Crippen molar-refractivity contribution in [3.05, 3.63) is 22.3 Å². The normalized spacial score (nSPS) is 10.2. The molecule has 1 aromatic carbocycles. The molecule has 0 atom stereocenters. The lowest BCUT2D eigenvalue weighted by atomic mass is 10.2. The molecule has 0 unspecified atom stereocenters. The van der Waals surface area contributed by atoms with Gasteiger partial charge in [0.2, 0.25) is 0 Å². The van der Waals surface area contributed by atoms with Gasteiger partial charge in [0.15, 0.2) is 0 Å². The summed E-state index contributed by atoms with van der Waals surface area (Å²) in [7, 11) is 1.73. The number of halogens is 3. The predicted octanol–water partition coefficient (Wildman–Crippen LogP) is 4.07. The molecule has 0 aliphatic carbocycles. The number of benzene rings is 1. The lowest BCUT2D eigenvalue weighted by Gasteiger charge is -2.11. The molecule has 1 nitrogen and oxygen atoms in total. The van der Waals surface area contributed by atoms with Crippen LogP contribution in [0, 0.1) is 10.7 Å². The summed E-state index contributed by atoms with van der Waals surface area (Å²) in [5.41, 5.74) is 1.39. The molecule has 0 saturated heterocycles. The molecule has 0 aliphatic heterocycles. The van der Waals surface area contributed by atoms with Gasteiger partial charge in [-0.15, -0.1) is 0 Å². The molecule has 0 saturated carbocycles. The van der Waals surface area contributed by atoms with Gasteiger partial charge in [0.25, 0.3) is 0 Å². The zero-order valence-corrected chi connectivity index (χ0v) is 13.8. The van der Waals surface area contributed by atoms with E-state index >= 15 is 0 Å².